The van der Waals surface area contributed by atoms with E-state index in [4.69, 9.17) is 9.72 Å². The lowest BCUT2D eigenvalue weighted by atomic mass is 10.0. The fourth-order valence-corrected chi connectivity index (χ4v) is 3.86. The Morgan fingerprint density at radius 2 is 1.73 bits per heavy atom. The summed E-state index contributed by atoms with van der Waals surface area (Å²) in [6.07, 6.45) is 0.0670. The molecule has 0 unspecified atom stereocenters. The largest absolute Gasteiger partial charge is 0.417 e. The summed E-state index contributed by atoms with van der Waals surface area (Å²) in [7, 11) is 2.03. The quantitative estimate of drug-likeness (QED) is 0.751. The van der Waals surface area contributed by atoms with Gasteiger partial charge in [0.05, 0.1) is 18.8 Å². The van der Waals surface area contributed by atoms with E-state index in [1.807, 2.05) is 18.0 Å². The molecule has 0 aromatic carbocycles. The molecule has 0 N–H and O–H groups in total. The Hall–Kier alpha value is -2.62. The van der Waals surface area contributed by atoms with E-state index in [1.54, 1.807) is 6.20 Å². The van der Waals surface area contributed by atoms with Gasteiger partial charge in [0.15, 0.2) is 0 Å². The summed E-state index contributed by atoms with van der Waals surface area (Å²) in [6.45, 7) is 4.39. The molecule has 4 rings (SSSR count). The number of hydrogen-bond acceptors (Lipinski definition) is 7. The first-order valence-electron chi connectivity index (χ1n) is 10.1. The Morgan fingerprint density at radius 1 is 1.00 bits per heavy atom. The van der Waals surface area contributed by atoms with Crippen molar-refractivity contribution in [2.24, 2.45) is 0 Å². The van der Waals surface area contributed by atoms with Gasteiger partial charge in [-0.3, -0.25) is 0 Å². The second-order valence-corrected chi connectivity index (χ2v) is 7.55. The Bertz CT molecular complexity index is 833. The average Bonchev–Trinajstić information content (AvgIpc) is 2.79. The minimum Gasteiger partial charge on any atom is -0.378 e. The minimum atomic E-state index is -4.36. The summed E-state index contributed by atoms with van der Waals surface area (Å²) in [6, 6.07) is 4.75. The normalized spacial score (nSPS) is 18.5. The van der Waals surface area contributed by atoms with Crippen LogP contribution in [0.25, 0.3) is 0 Å². The van der Waals surface area contributed by atoms with Crippen molar-refractivity contribution in [1.82, 2.24) is 15.0 Å². The molecule has 0 amide bonds. The standard InChI is InChI=1S/C20H25F3N6O/c1-27(18-4-7-24-19(26-18)29-10-12-30-13-11-29)16-5-8-28(9-6-16)17-3-2-15(14-25-17)20(21,22)23/h2-4,7,14,16H,5-6,8-13H2,1H3. The molecule has 2 saturated heterocycles. The molecular formula is C20H25F3N6O. The number of piperidine rings is 1. The summed E-state index contributed by atoms with van der Waals surface area (Å²) < 4.78 is 43.6. The van der Waals surface area contributed by atoms with Gasteiger partial charge in [0.1, 0.15) is 11.6 Å². The second-order valence-electron chi connectivity index (χ2n) is 7.55. The van der Waals surface area contributed by atoms with E-state index in [9.17, 15) is 13.2 Å². The van der Waals surface area contributed by atoms with E-state index < -0.39 is 11.7 Å². The predicted octanol–water partition coefficient (Wildman–Crippen LogP) is 2.83. The molecule has 2 aromatic rings. The summed E-state index contributed by atoms with van der Waals surface area (Å²) in [4.78, 5) is 19.5. The van der Waals surface area contributed by atoms with Crippen molar-refractivity contribution in [1.29, 1.82) is 0 Å². The van der Waals surface area contributed by atoms with Crippen molar-refractivity contribution in [2.45, 2.75) is 25.1 Å². The molecular weight excluding hydrogens is 397 g/mol. The highest BCUT2D eigenvalue weighted by Gasteiger charge is 2.31. The van der Waals surface area contributed by atoms with Crippen LogP contribution in [0.2, 0.25) is 0 Å². The topological polar surface area (TPSA) is 57.6 Å². The maximum absolute atomic E-state index is 12.7. The third-order valence-corrected chi connectivity index (χ3v) is 5.69. The zero-order chi connectivity index (χ0) is 21.1. The van der Waals surface area contributed by atoms with Crippen molar-refractivity contribution in [3.63, 3.8) is 0 Å². The molecule has 0 aliphatic carbocycles. The highest BCUT2D eigenvalue weighted by molar-refractivity contribution is 5.45. The zero-order valence-electron chi connectivity index (χ0n) is 16.8. The first-order valence-corrected chi connectivity index (χ1v) is 10.1. The predicted molar refractivity (Wildman–Crippen MR) is 108 cm³/mol. The average molecular weight is 422 g/mol. The lowest BCUT2D eigenvalue weighted by molar-refractivity contribution is -0.137. The van der Waals surface area contributed by atoms with E-state index in [-0.39, 0.29) is 0 Å². The molecule has 0 bridgehead atoms. The maximum atomic E-state index is 12.7. The van der Waals surface area contributed by atoms with Gasteiger partial charge in [-0.1, -0.05) is 0 Å². The van der Waals surface area contributed by atoms with Crippen LogP contribution in [-0.2, 0) is 10.9 Å². The number of morpholine rings is 1. The number of hydrogen-bond donors (Lipinski definition) is 0. The van der Waals surface area contributed by atoms with Gasteiger partial charge in [-0.2, -0.15) is 18.2 Å². The minimum absolute atomic E-state index is 0.295. The van der Waals surface area contributed by atoms with E-state index in [0.717, 1.165) is 57.1 Å². The van der Waals surface area contributed by atoms with Crippen LogP contribution < -0.4 is 14.7 Å². The molecule has 0 atom stereocenters. The first-order chi connectivity index (χ1) is 14.4. The molecule has 4 heterocycles. The van der Waals surface area contributed by atoms with E-state index in [2.05, 4.69) is 19.8 Å². The van der Waals surface area contributed by atoms with Gasteiger partial charge >= 0.3 is 6.18 Å². The highest BCUT2D eigenvalue weighted by Crippen LogP contribution is 2.30. The third-order valence-electron chi connectivity index (χ3n) is 5.69. The van der Waals surface area contributed by atoms with Crippen molar-refractivity contribution < 1.29 is 17.9 Å². The van der Waals surface area contributed by atoms with Crippen molar-refractivity contribution >= 4 is 17.6 Å². The first kappa shape index (κ1) is 20.6. The summed E-state index contributed by atoms with van der Waals surface area (Å²) >= 11 is 0. The van der Waals surface area contributed by atoms with E-state index in [1.165, 1.54) is 6.07 Å². The number of nitrogens with zero attached hydrogens (tertiary/aromatic N) is 6. The zero-order valence-corrected chi connectivity index (χ0v) is 16.8. The van der Waals surface area contributed by atoms with Gasteiger partial charge in [-0.15, -0.1) is 0 Å². The van der Waals surface area contributed by atoms with Crippen LogP contribution >= 0.6 is 0 Å². The van der Waals surface area contributed by atoms with Crippen LogP contribution in [0.3, 0.4) is 0 Å². The fraction of sp³-hybridized carbons (Fsp3) is 0.550. The third kappa shape index (κ3) is 4.58. The van der Waals surface area contributed by atoms with Gasteiger partial charge in [-0.25, -0.2) is 9.97 Å². The Kier molecular flexibility index (Phi) is 5.94. The van der Waals surface area contributed by atoms with Crippen LogP contribution in [0.15, 0.2) is 30.6 Å². The molecule has 0 saturated carbocycles. The molecule has 2 aliphatic heterocycles. The Morgan fingerprint density at radius 3 is 2.37 bits per heavy atom. The van der Waals surface area contributed by atoms with Crippen molar-refractivity contribution in [3.8, 4) is 0 Å². The Balaban J connectivity index is 1.37. The molecule has 10 heteroatoms. The molecule has 2 aliphatic rings. The number of anilines is 3. The fourth-order valence-electron chi connectivity index (χ4n) is 3.86. The molecule has 0 spiro atoms. The van der Waals surface area contributed by atoms with Gasteiger partial charge < -0.3 is 19.4 Å². The van der Waals surface area contributed by atoms with Crippen LogP contribution in [0.5, 0.6) is 0 Å². The van der Waals surface area contributed by atoms with E-state index in [0.29, 0.717) is 31.0 Å². The van der Waals surface area contributed by atoms with Crippen LogP contribution in [0, 0.1) is 0 Å². The molecule has 7 nitrogen and oxygen atoms in total. The van der Waals surface area contributed by atoms with Gasteiger partial charge in [0, 0.05) is 51.7 Å². The monoisotopic (exact) mass is 422 g/mol. The van der Waals surface area contributed by atoms with Crippen molar-refractivity contribution in [2.75, 3.05) is 61.1 Å². The highest BCUT2D eigenvalue weighted by atomic mass is 19.4. The van der Waals surface area contributed by atoms with Crippen LogP contribution in [-0.4, -0.2) is 67.4 Å². The summed E-state index contributed by atoms with van der Waals surface area (Å²) in [5, 5.41) is 0. The lowest BCUT2D eigenvalue weighted by Gasteiger charge is -2.38. The second kappa shape index (κ2) is 8.63. The molecule has 162 valence electrons. The number of halogens is 3. The molecule has 30 heavy (non-hydrogen) atoms. The Labute approximate surface area is 173 Å². The maximum Gasteiger partial charge on any atom is 0.417 e. The molecule has 2 aromatic heterocycles. The van der Waals surface area contributed by atoms with Gasteiger partial charge in [-0.05, 0) is 31.0 Å². The molecule has 2 fully saturated rings. The molecule has 0 radical (unpaired) electrons. The summed E-state index contributed by atoms with van der Waals surface area (Å²) in [5.74, 6) is 2.17. The number of aromatic nitrogens is 3. The van der Waals surface area contributed by atoms with Crippen molar-refractivity contribution in [3.05, 3.63) is 36.2 Å². The van der Waals surface area contributed by atoms with Gasteiger partial charge in [0.2, 0.25) is 5.95 Å². The SMILES string of the molecule is CN(c1ccnc(N2CCOCC2)n1)C1CCN(c2ccc(C(F)(F)F)cn2)CC1. The number of pyridine rings is 1. The van der Waals surface area contributed by atoms with Crippen LogP contribution in [0.4, 0.5) is 30.8 Å². The number of alkyl halides is 3. The smallest absolute Gasteiger partial charge is 0.378 e. The lowest BCUT2D eigenvalue weighted by Crippen LogP contribution is -2.44. The van der Waals surface area contributed by atoms with E-state index >= 15 is 0 Å². The number of ether oxygens (including phenoxy) is 1. The summed E-state index contributed by atoms with van der Waals surface area (Å²) in [5.41, 5.74) is -0.722. The van der Waals surface area contributed by atoms with Crippen LogP contribution in [0.1, 0.15) is 18.4 Å². The van der Waals surface area contributed by atoms with Gasteiger partial charge in [0.25, 0.3) is 0 Å². The number of rotatable bonds is 4.